The number of carbonyl (C=O) groups excluding carboxylic acids is 1. The average Bonchev–Trinajstić information content (AvgIpc) is 3.37. The molecule has 0 radical (unpaired) electrons. The standard InChI is InChI=1S/C21H22ClN3O3S/c1-15-19(14-27-17-6-4-16(22)5-7-17)20(23-28-15)21(26)25-10-8-24(9-11-25)13-18-3-2-12-29-18/h2-7,12H,8-11,13-14H2,1H3. The van der Waals surface area contributed by atoms with Crippen LogP contribution in [0, 0.1) is 6.92 Å². The third-order valence-electron chi connectivity index (χ3n) is 5.00. The second kappa shape index (κ2) is 8.98. The molecule has 3 aromatic rings. The van der Waals surface area contributed by atoms with E-state index in [9.17, 15) is 4.79 Å². The van der Waals surface area contributed by atoms with Gasteiger partial charge in [0.1, 0.15) is 18.1 Å². The molecule has 152 valence electrons. The molecule has 3 heterocycles. The fraction of sp³-hybridized carbons (Fsp3) is 0.333. The molecule has 0 bridgehead atoms. The summed E-state index contributed by atoms with van der Waals surface area (Å²) in [6.07, 6.45) is 0. The first-order chi connectivity index (χ1) is 14.1. The van der Waals surface area contributed by atoms with Gasteiger partial charge in [0.15, 0.2) is 5.69 Å². The van der Waals surface area contributed by atoms with Crippen molar-refractivity contribution < 1.29 is 14.1 Å². The molecule has 1 fully saturated rings. The second-order valence-corrected chi connectivity index (χ2v) is 8.42. The van der Waals surface area contributed by atoms with E-state index in [0.717, 1.165) is 19.6 Å². The van der Waals surface area contributed by atoms with Gasteiger partial charge in [-0.1, -0.05) is 22.8 Å². The number of thiophene rings is 1. The van der Waals surface area contributed by atoms with Gasteiger partial charge < -0.3 is 14.2 Å². The molecule has 0 N–H and O–H groups in total. The van der Waals surface area contributed by atoms with Gasteiger partial charge in [0.2, 0.25) is 0 Å². The zero-order chi connectivity index (χ0) is 20.2. The van der Waals surface area contributed by atoms with Crippen molar-refractivity contribution >= 4 is 28.8 Å². The van der Waals surface area contributed by atoms with Crippen molar-refractivity contribution in [2.45, 2.75) is 20.1 Å². The number of benzene rings is 1. The first-order valence-corrected chi connectivity index (χ1v) is 10.7. The van der Waals surface area contributed by atoms with Crippen LogP contribution in [0.25, 0.3) is 0 Å². The van der Waals surface area contributed by atoms with Crippen LogP contribution in [0.1, 0.15) is 26.7 Å². The molecule has 4 rings (SSSR count). The topological polar surface area (TPSA) is 58.8 Å². The van der Waals surface area contributed by atoms with Gasteiger partial charge in [0, 0.05) is 42.6 Å². The Morgan fingerprint density at radius 3 is 2.66 bits per heavy atom. The zero-order valence-electron chi connectivity index (χ0n) is 16.1. The lowest BCUT2D eigenvalue weighted by Gasteiger charge is -2.34. The molecule has 0 aliphatic carbocycles. The Labute approximate surface area is 178 Å². The Balaban J connectivity index is 1.37. The normalized spacial score (nSPS) is 14.9. The molecule has 29 heavy (non-hydrogen) atoms. The summed E-state index contributed by atoms with van der Waals surface area (Å²) in [5.74, 6) is 1.17. The first kappa shape index (κ1) is 19.9. The van der Waals surface area contributed by atoms with Gasteiger partial charge in [-0.2, -0.15) is 0 Å². The molecule has 1 aromatic carbocycles. The van der Waals surface area contributed by atoms with E-state index in [1.807, 2.05) is 4.90 Å². The van der Waals surface area contributed by atoms with Crippen molar-refractivity contribution in [1.29, 1.82) is 0 Å². The third-order valence-corrected chi connectivity index (χ3v) is 6.12. The summed E-state index contributed by atoms with van der Waals surface area (Å²) in [7, 11) is 0. The number of aryl methyl sites for hydroxylation is 1. The molecular weight excluding hydrogens is 410 g/mol. The van der Waals surface area contributed by atoms with Crippen LogP contribution in [0.4, 0.5) is 0 Å². The number of halogens is 1. The van der Waals surface area contributed by atoms with E-state index in [4.69, 9.17) is 20.9 Å². The van der Waals surface area contributed by atoms with Crippen molar-refractivity contribution in [1.82, 2.24) is 15.0 Å². The Morgan fingerprint density at radius 1 is 1.21 bits per heavy atom. The van der Waals surface area contributed by atoms with Crippen LogP contribution in [0.2, 0.25) is 5.02 Å². The third kappa shape index (κ3) is 4.80. The highest BCUT2D eigenvalue weighted by atomic mass is 35.5. The maximum Gasteiger partial charge on any atom is 0.276 e. The van der Waals surface area contributed by atoms with E-state index in [0.29, 0.717) is 40.9 Å². The van der Waals surface area contributed by atoms with Gasteiger partial charge >= 0.3 is 0 Å². The molecule has 0 saturated carbocycles. The van der Waals surface area contributed by atoms with Crippen LogP contribution in [0.15, 0.2) is 46.3 Å². The molecule has 1 amide bonds. The summed E-state index contributed by atoms with van der Waals surface area (Å²) < 4.78 is 11.1. The van der Waals surface area contributed by atoms with E-state index >= 15 is 0 Å². The fourth-order valence-electron chi connectivity index (χ4n) is 3.30. The number of hydrogen-bond donors (Lipinski definition) is 0. The number of piperazine rings is 1. The predicted octanol–water partition coefficient (Wildman–Crippen LogP) is 4.23. The summed E-state index contributed by atoms with van der Waals surface area (Å²) in [5.41, 5.74) is 1.02. The van der Waals surface area contributed by atoms with E-state index in [1.54, 1.807) is 42.5 Å². The molecule has 0 atom stereocenters. The first-order valence-electron chi connectivity index (χ1n) is 9.47. The van der Waals surface area contributed by atoms with Gasteiger partial charge in [0.05, 0.1) is 5.56 Å². The smallest absolute Gasteiger partial charge is 0.276 e. The highest BCUT2D eigenvalue weighted by molar-refractivity contribution is 7.09. The number of aromatic nitrogens is 1. The van der Waals surface area contributed by atoms with E-state index in [-0.39, 0.29) is 12.5 Å². The number of amides is 1. The monoisotopic (exact) mass is 431 g/mol. The van der Waals surface area contributed by atoms with Crippen molar-refractivity contribution in [3.63, 3.8) is 0 Å². The number of ether oxygens (including phenoxy) is 1. The van der Waals surface area contributed by atoms with E-state index in [2.05, 4.69) is 27.6 Å². The molecule has 8 heteroatoms. The molecule has 0 spiro atoms. The Kier molecular flexibility index (Phi) is 6.18. The highest BCUT2D eigenvalue weighted by Gasteiger charge is 2.28. The van der Waals surface area contributed by atoms with E-state index in [1.165, 1.54) is 4.88 Å². The molecule has 0 unspecified atom stereocenters. The van der Waals surface area contributed by atoms with Crippen LogP contribution >= 0.6 is 22.9 Å². The zero-order valence-corrected chi connectivity index (χ0v) is 17.7. The van der Waals surface area contributed by atoms with Crippen LogP contribution in [0.3, 0.4) is 0 Å². The van der Waals surface area contributed by atoms with E-state index < -0.39 is 0 Å². The summed E-state index contributed by atoms with van der Waals surface area (Å²) in [5, 5.41) is 6.76. The molecule has 1 aliphatic heterocycles. The Bertz CT molecular complexity index is 948. The number of nitrogens with zero attached hydrogens (tertiary/aromatic N) is 3. The quantitative estimate of drug-likeness (QED) is 0.584. The van der Waals surface area contributed by atoms with Gasteiger partial charge in [-0.05, 0) is 42.6 Å². The summed E-state index contributed by atoms with van der Waals surface area (Å²) in [6, 6.07) is 11.3. The molecule has 6 nitrogen and oxygen atoms in total. The van der Waals surface area contributed by atoms with Crippen LogP contribution < -0.4 is 4.74 Å². The van der Waals surface area contributed by atoms with Crippen molar-refractivity contribution in [3.8, 4) is 5.75 Å². The molecule has 1 saturated heterocycles. The summed E-state index contributed by atoms with van der Waals surface area (Å²) >= 11 is 7.67. The lowest BCUT2D eigenvalue weighted by atomic mass is 10.1. The summed E-state index contributed by atoms with van der Waals surface area (Å²) in [6.45, 7) is 5.98. The minimum absolute atomic E-state index is 0.104. The number of hydrogen-bond acceptors (Lipinski definition) is 6. The van der Waals surface area contributed by atoms with Gasteiger partial charge in [0.25, 0.3) is 5.91 Å². The van der Waals surface area contributed by atoms with Crippen LogP contribution in [-0.2, 0) is 13.2 Å². The van der Waals surface area contributed by atoms with Crippen LogP contribution in [0.5, 0.6) is 5.75 Å². The van der Waals surface area contributed by atoms with Crippen molar-refractivity contribution in [2.24, 2.45) is 0 Å². The molecule has 1 aliphatic rings. The number of rotatable bonds is 6. The maximum absolute atomic E-state index is 13.0. The van der Waals surface area contributed by atoms with Crippen molar-refractivity contribution in [2.75, 3.05) is 26.2 Å². The Morgan fingerprint density at radius 2 is 1.97 bits per heavy atom. The SMILES string of the molecule is Cc1onc(C(=O)N2CCN(Cc3cccs3)CC2)c1COc1ccc(Cl)cc1. The maximum atomic E-state index is 13.0. The highest BCUT2D eigenvalue weighted by Crippen LogP contribution is 2.21. The molecule has 2 aromatic heterocycles. The lowest BCUT2D eigenvalue weighted by molar-refractivity contribution is 0.0617. The van der Waals surface area contributed by atoms with Gasteiger partial charge in [-0.15, -0.1) is 11.3 Å². The predicted molar refractivity (Wildman–Crippen MR) is 113 cm³/mol. The minimum atomic E-state index is -0.104. The fourth-order valence-corrected chi connectivity index (χ4v) is 4.17. The van der Waals surface area contributed by atoms with Gasteiger partial charge in [-0.25, -0.2) is 0 Å². The molecular formula is C21H22ClN3O3S. The van der Waals surface area contributed by atoms with Crippen molar-refractivity contribution in [3.05, 3.63) is 68.7 Å². The van der Waals surface area contributed by atoms with Crippen LogP contribution in [-0.4, -0.2) is 47.0 Å². The number of carbonyl (C=O) groups is 1. The largest absolute Gasteiger partial charge is 0.489 e. The minimum Gasteiger partial charge on any atom is -0.489 e. The van der Waals surface area contributed by atoms with Gasteiger partial charge in [-0.3, -0.25) is 9.69 Å². The lowest BCUT2D eigenvalue weighted by Crippen LogP contribution is -2.48. The summed E-state index contributed by atoms with van der Waals surface area (Å²) in [4.78, 5) is 18.6. The second-order valence-electron chi connectivity index (χ2n) is 6.96. The Hall–Kier alpha value is -2.35. The average molecular weight is 432 g/mol.